The van der Waals surface area contributed by atoms with Crippen LogP contribution in [0.4, 0.5) is 5.95 Å². The summed E-state index contributed by atoms with van der Waals surface area (Å²) in [7, 11) is 0. The summed E-state index contributed by atoms with van der Waals surface area (Å²) >= 11 is 0. The molecule has 2 aromatic rings. The number of hydrogen-bond acceptors (Lipinski definition) is 5. The van der Waals surface area contributed by atoms with E-state index in [0.29, 0.717) is 12.5 Å². The zero-order valence-electron chi connectivity index (χ0n) is 12.9. The van der Waals surface area contributed by atoms with Crippen molar-refractivity contribution in [1.29, 1.82) is 0 Å². The van der Waals surface area contributed by atoms with Crippen LogP contribution in [0.2, 0.25) is 0 Å². The monoisotopic (exact) mass is 289 g/mol. The van der Waals surface area contributed by atoms with Crippen molar-refractivity contribution in [3.63, 3.8) is 0 Å². The Bertz CT molecular complexity index is 553. The Morgan fingerprint density at radius 1 is 1.33 bits per heavy atom. The second-order valence-corrected chi connectivity index (χ2v) is 5.25. The van der Waals surface area contributed by atoms with Crippen molar-refractivity contribution in [3.05, 3.63) is 29.8 Å². The number of anilines is 1. The Hall–Kier alpha value is -2.11. The standard InChI is InChI=1S/C15H23N5O/c1-4-5-9-20-15(17-18-19-20)16-11-13-7-6-8-14(10-13)21-12(2)3/h6-8,10,12H,4-5,9,11H2,1-3H3,(H,16,17,19). The van der Waals surface area contributed by atoms with Gasteiger partial charge in [0.05, 0.1) is 6.10 Å². The van der Waals surface area contributed by atoms with E-state index in [1.165, 1.54) is 0 Å². The zero-order valence-corrected chi connectivity index (χ0v) is 12.9. The maximum absolute atomic E-state index is 5.70. The molecule has 6 heteroatoms. The molecule has 21 heavy (non-hydrogen) atoms. The molecular weight excluding hydrogens is 266 g/mol. The fourth-order valence-corrected chi connectivity index (χ4v) is 1.97. The van der Waals surface area contributed by atoms with Gasteiger partial charge in [-0.3, -0.25) is 0 Å². The summed E-state index contributed by atoms with van der Waals surface area (Å²) in [5.74, 6) is 1.59. The highest BCUT2D eigenvalue weighted by molar-refractivity contribution is 5.32. The van der Waals surface area contributed by atoms with E-state index in [0.717, 1.165) is 30.7 Å². The summed E-state index contributed by atoms with van der Waals surface area (Å²) in [6.45, 7) is 7.70. The molecule has 114 valence electrons. The molecule has 0 aliphatic heterocycles. The summed E-state index contributed by atoms with van der Waals surface area (Å²) in [4.78, 5) is 0. The van der Waals surface area contributed by atoms with Crippen molar-refractivity contribution in [1.82, 2.24) is 20.2 Å². The molecule has 6 nitrogen and oxygen atoms in total. The molecule has 0 amide bonds. The lowest BCUT2D eigenvalue weighted by Gasteiger charge is -2.11. The van der Waals surface area contributed by atoms with Crippen molar-refractivity contribution in [3.8, 4) is 5.75 Å². The van der Waals surface area contributed by atoms with Crippen LogP contribution in [0.5, 0.6) is 5.75 Å². The van der Waals surface area contributed by atoms with E-state index in [-0.39, 0.29) is 6.10 Å². The van der Waals surface area contributed by atoms with Gasteiger partial charge in [-0.1, -0.05) is 30.6 Å². The average Bonchev–Trinajstić information content (AvgIpc) is 2.90. The van der Waals surface area contributed by atoms with Gasteiger partial charge >= 0.3 is 0 Å². The predicted molar refractivity (Wildman–Crippen MR) is 82.3 cm³/mol. The fourth-order valence-electron chi connectivity index (χ4n) is 1.97. The molecule has 1 aromatic heterocycles. The molecule has 0 fully saturated rings. The Balaban J connectivity index is 1.95. The maximum atomic E-state index is 5.70. The smallest absolute Gasteiger partial charge is 0.243 e. The largest absolute Gasteiger partial charge is 0.491 e. The van der Waals surface area contributed by atoms with Gasteiger partial charge in [0.2, 0.25) is 5.95 Å². The van der Waals surface area contributed by atoms with Crippen LogP contribution in [0.3, 0.4) is 0 Å². The Kier molecular flexibility index (Phi) is 5.54. The van der Waals surface area contributed by atoms with Crippen molar-refractivity contribution in [2.45, 2.75) is 52.8 Å². The van der Waals surface area contributed by atoms with E-state index in [4.69, 9.17) is 4.74 Å². The first-order chi connectivity index (χ1) is 10.2. The lowest BCUT2D eigenvalue weighted by Crippen LogP contribution is -2.09. The Morgan fingerprint density at radius 3 is 2.95 bits per heavy atom. The minimum atomic E-state index is 0.176. The van der Waals surface area contributed by atoms with Gasteiger partial charge in [0, 0.05) is 13.1 Å². The lowest BCUT2D eigenvalue weighted by atomic mass is 10.2. The zero-order chi connectivity index (χ0) is 15.1. The van der Waals surface area contributed by atoms with Crippen LogP contribution in [0.25, 0.3) is 0 Å². The van der Waals surface area contributed by atoms with Crippen molar-refractivity contribution in [2.24, 2.45) is 0 Å². The summed E-state index contributed by atoms with van der Waals surface area (Å²) in [6.07, 6.45) is 2.36. The number of tetrazole rings is 1. The molecule has 1 heterocycles. The van der Waals surface area contributed by atoms with E-state index in [1.807, 2.05) is 32.0 Å². The normalized spacial score (nSPS) is 10.9. The molecule has 0 radical (unpaired) electrons. The van der Waals surface area contributed by atoms with Gasteiger partial charge in [-0.15, -0.1) is 0 Å². The van der Waals surface area contributed by atoms with Crippen molar-refractivity contribution in [2.75, 3.05) is 5.32 Å². The molecule has 2 rings (SSSR count). The number of benzene rings is 1. The van der Waals surface area contributed by atoms with Crippen LogP contribution in [0.15, 0.2) is 24.3 Å². The topological polar surface area (TPSA) is 64.9 Å². The number of aromatic nitrogens is 4. The van der Waals surface area contributed by atoms with Gasteiger partial charge in [-0.2, -0.15) is 0 Å². The van der Waals surface area contributed by atoms with Gasteiger partial charge in [0.25, 0.3) is 0 Å². The number of nitrogens with zero attached hydrogens (tertiary/aromatic N) is 4. The van der Waals surface area contributed by atoms with E-state index in [1.54, 1.807) is 4.68 Å². The third-order valence-electron chi connectivity index (χ3n) is 2.98. The second-order valence-electron chi connectivity index (χ2n) is 5.25. The van der Waals surface area contributed by atoms with Crippen molar-refractivity contribution < 1.29 is 4.74 Å². The van der Waals surface area contributed by atoms with Gasteiger partial charge < -0.3 is 10.1 Å². The van der Waals surface area contributed by atoms with Crippen LogP contribution in [-0.4, -0.2) is 26.3 Å². The SMILES string of the molecule is CCCCn1nnnc1NCc1cccc(OC(C)C)c1. The number of unbranched alkanes of at least 4 members (excludes halogenated alkanes) is 1. The van der Waals surface area contributed by atoms with E-state index < -0.39 is 0 Å². The number of nitrogens with one attached hydrogen (secondary N) is 1. The molecule has 0 bridgehead atoms. The lowest BCUT2D eigenvalue weighted by molar-refractivity contribution is 0.242. The number of hydrogen-bond donors (Lipinski definition) is 1. The molecular formula is C15H23N5O. The predicted octanol–water partition coefficient (Wildman–Crippen LogP) is 2.87. The Labute approximate surface area is 125 Å². The van der Waals surface area contributed by atoms with Gasteiger partial charge in [-0.05, 0) is 48.4 Å². The molecule has 0 spiro atoms. The first kappa shape index (κ1) is 15.3. The minimum Gasteiger partial charge on any atom is -0.491 e. The van der Waals surface area contributed by atoms with Gasteiger partial charge in [-0.25, -0.2) is 4.68 Å². The first-order valence-corrected chi connectivity index (χ1v) is 7.44. The van der Waals surface area contributed by atoms with Crippen LogP contribution in [0.1, 0.15) is 39.2 Å². The summed E-state index contributed by atoms with van der Waals surface area (Å²) in [5, 5.41) is 15.0. The quantitative estimate of drug-likeness (QED) is 0.809. The van der Waals surface area contributed by atoms with Gasteiger partial charge in [0.1, 0.15) is 5.75 Å². The molecule has 1 aromatic carbocycles. The molecule has 0 saturated heterocycles. The average molecular weight is 289 g/mol. The van der Waals surface area contributed by atoms with Crippen LogP contribution in [-0.2, 0) is 13.1 Å². The maximum Gasteiger partial charge on any atom is 0.243 e. The third-order valence-corrected chi connectivity index (χ3v) is 2.98. The molecule has 1 N–H and O–H groups in total. The molecule has 0 aliphatic carbocycles. The first-order valence-electron chi connectivity index (χ1n) is 7.44. The van der Waals surface area contributed by atoms with Crippen LogP contribution < -0.4 is 10.1 Å². The fraction of sp³-hybridized carbons (Fsp3) is 0.533. The molecule has 0 atom stereocenters. The van der Waals surface area contributed by atoms with Crippen LogP contribution in [0, 0.1) is 0 Å². The summed E-state index contributed by atoms with van der Waals surface area (Å²) in [6, 6.07) is 8.05. The molecule has 0 unspecified atom stereocenters. The minimum absolute atomic E-state index is 0.176. The highest BCUT2D eigenvalue weighted by Gasteiger charge is 2.05. The highest BCUT2D eigenvalue weighted by Crippen LogP contribution is 2.16. The van der Waals surface area contributed by atoms with Gasteiger partial charge in [0.15, 0.2) is 0 Å². The molecule has 0 saturated carbocycles. The summed E-state index contributed by atoms with van der Waals surface area (Å²) in [5.41, 5.74) is 1.14. The van der Waals surface area contributed by atoms with Crippen LogP contribution >= 0.6 is 0 Å². The van der Waals surface area contributed by atoms with Crippen molar-refractivity contribution >= 4 is 5.95 Å². The molecule has 0 aliphatic rings. The number of rotatable bonds is 8. The third kappa shape index (κ3) is 4.73. The summed E-state index contributed by atoms with van der Waals surface area (Å²) < 4.78 is 7.50. The number of aryl methyl sites for hydroxylation is 1. The Morgan fingerprint density at radius 2 is 2.19 bits per heavy atom. The van der Waals surface area contributed by atoms with E-state index in [2.05, 4.69) is 33.8 Å². The van der Waals surface area contributed by atoms with E-state index >= 15 is 0 Å². The van der Waals surface area contributed by atoms with E-state index in [9.17, 15) is 0 Å². The highest BCUT2D eigenvalue weighted by atomic mass is 16.5. The number of ether oxygens (including phenoxy) is 1. The second kappa shape index (κ2) is 7.61.